The van der Waals surface area contributed by atoms with Crippen molar-refractivity contribution in [2.45, 2.75) is 33.4 Å². The zero-order valence-electron chi connectivity index (χ0n) is 23.0. The molecule has 0 amide bonds. The third-order valence-electron chi connectivity index (χ3n) is 6.74. The molecule has 1 aliphatic heterocycles. The van der Waals surface area contributed by atoms with Gasteiger partial charge in [0.1, 0.15) is 12.4 Å². The molecule has 5 rings (SSSR count). The number of aryl methyl sites for hydroxylation is 1. The first kappa shape index (κ1) is 29.0. The first-order valence-corrected chi connectivity index (χ1v) is 14.3. The number of nitro benzene ring substituents is 1. The molecule has 0 unspecified atom stereocenters. The van der Waals surface area contributed by atoms with E-state index in [0.717, 1.165) is 11.1 Å². The third-order valence-corrected chi connectivity index (χ3v) is 7.97. The average Bonchev–Trinajstić information content (AvgIpc) is 3.26. The summed E-state index contributed by atoms with van der Waals surface area (Å²) in [7, 11) is 0. The van der Waals surface area contributed by atoms with Gasteiger partial charge in [0.2, 0.25) is 0 Å². The number of fused-ring (bicyclic) bond motifs is 1. The van der Waals surface area contributed by atoms with Crippen LogP contribution >= 0.6 is 22.9 Å². The Balaban J connectivity index is 1.57. The SMILES string of the molecule is CCOC(=O)C1=C(C)N=c2s/c(=C/c3cccc(OCc4ccc(Cl)cc4)c3)c(=O)n2[C@H]1c1ccc(C)c([N+](=O)[O-])c1. The molecule has 3 aromatic carbocycles. The lowest BCUT2D eigenvalue weighted by molar-refractivity contribution is -0.385. The number of carbonyl (C=O) groups excluding carboxylic acids is 1. The molecule has 0 aliphatic carbocycles. The van der Waals surface area contributed by atoms with Gasteiger partial charge in [0.15, 0.2) is 4.80 Å². The molecule has 214 valence electrons. The molecule has 2 heterocycles. The van der Waals surface area contributed by atoms with Crippen LogP contribution in [0.4, 0.5) is 5.69 Å². The van der Waals surface area contributed by atoms with E-state index in [2.05, 4.69) is 4.99 Å². The number of benzene rings is 3. The standard InChI is InChI=1S/C31H26ClN3O6S/c1-4-40-30(37)27-19(3)33-31-34(28(27)22-11-8-18(2)25(16-22)35(38)39)29(36)26(42-31)15-21-6-5-7-24(14-21)41-17-20-9-12-23(32)13-10-20/h5-16,28H,4,17H2,1-3H3/b26-15+/t28-/m0/s1. The normalized spacial score (nSPS) is 14.8. The summed E-state index contributed by atoms with van der Waals surface area (Å²) in [4.78, 5) is 43.2. The van der Waals surface area contributed by atoms with Gasteiger partial charge in [-0.3, -0.25) is 19.5 Å². The van der Waals surface area contributed by atoms with E-state index in [-0.39, 0.29) is 23.4 Å². The number of carbonyl (C=O) groups is 1. The number of hydrogen-bond donors (Lipinski definition) is 0. The molecule has 0 radical (unpaired) electrons. The number of hydrogen-bond acceptors (Lipinski definition) is 8. The van der Waals surface area contributed by atoms with Crippen molar-refractivity contribution in [2.24, 2.45) is 4.99 Å². The predicted octanol–water partition coefficient (Wildman–Crippen LogP) is 5.25. The maximum Gasteiger partial charge on any atom is 0.338 e. The first-order valence-electron chi connectivity index (χ1n) is 13.1. The van der Waals surface area contributed by atoms with E-state index in [0.29, 0.717) is 43.5 Å². The van der Waals surface area contributed by atoms with Crippen molar-refractivity contribution >= 4 is 40.7 Å². The molecule has 0 N–H and O–H groups in total. The molecule has 1 aromatic heterocycles. The second-order valence-electron chi connectivity index (χ2n) is 9.59. The lowest BCUT2D eigenvalue weighted by Gasteiger charge is -2.24. The van der Waals surface area contributed by atoms with E-state index < -0.39 is 16.9 Å². The number of halogens is 1. The summed E-state index contributed by atoms with van der Waals surface area (Å²) >= 11 is 7.13. The van der Waals surface area contributed by atoms with E-state index in [9.17, 15) is 19.7 Å². The van der Waals surface area contributed by atoms with Crippen LogP contribution < -0.4 is 19.6 Å². The van der Waals surface area contributed by atoms with Crippen LogP contribution in [0.15, 0.2) is 87.8 Å². The van der Waals surface area contributed by atoms with E-state index >= 15 is 0 Å². The van der Waals surface area contributed by atoms with Gasteiger partial charge in [0.05, 0.1) is 33.4 Å². The first-order chi connectivity index (χ1) is 20.2. The fourth-order valence-corrected chi connectivity index (χ4v) is 5.87. The Morgan fingerprint density at radius 3 is 2.62 bits per heavy atom. The van der Waals surface area contributed by atoms with E-state index in [4.69, 9.17) is 21.1 Å². The molecule has 11 heteroatoms. The zero-order valence-corrected chi connectivity index (χ0v) is 24.6. The Hall–Kier alpha value is -4.54. The van der Waals surface area contributed by atoms with Crippen molar-refractivity contribution in [3.8, 4) is 5.75 Å². The smallest absolute Gasteiger partial charge is 0.338 e. The summed E-state index contributed by atoms with van der Waals surface area (Å²) in [5.74, 6) is -0.0106. The van der Waals surface area contributed by atoms with Crippen molar-refractivity contribution < 1.29 is 19.2 Å². The van der Waals surface area contributed by atoms with Crippen LogP contribution in [0.25, 0.3) is 6.08 Å². The maximum atomic E-state index is 13.9. The molecule has 0 saturated heterocycles. The Morgan fingerprint density at radius 1 is 1.14 bits per heavy atom. The number of esters is 1. The van der Waals surface area contributed by atoms with Gasteiger partial charge in [-0.2, -0.15) is 0 Å². The molecule has 42 heavy (non-hydrogen) atoms. The van der Waals surface area contributed by atoms with Crippen molar-refractivity contribution in [1.29, 1.82) is 0 Å². The van der Waals surface area contributed by atoms with Gasteiger partial charge in [-0.25, -0.2) is 9.79 Å². The summed E-state index contributed by atoms with van der Waals surface area (Å²) in [6, 6.07) is 18.4. The number of thiazole rings is 1. The highest BCUT2D eigenvalue weighted by Crippen LogP contribution is 2.33. The van der Waals surface area contributed by atoms with Crippen LogP contribution in [-0.2, 0) is 16.1 Å². The monoisotopic (exact) mass is 603 g/mol. The highest BCUT2D eigenvalue weighted by atomic mass is 35.5. The second-order valence-corrected chi connectivity index (χ2v) is 11.0. The minimum atomic E-state index is -0.948. The second kappa shape index (κ2) is 12.1. The summed E-state index contributed by atoms with van der Waals surface area (Å²) < 4.78 is 13.0. The van der Waals surface area contributed by atoms with Crippen LogP contribution in [0.2, 0.25) is 5.02 Å². The van der Waals surface area contributed by atoms with Gasteiger partial charge in [-0.05, 0) is 67.8 Å². The largest absolute Gasteiger partial charge is 0.489 e. The molecule has 0 fully saturated rings. The van der Waals surface area contributed by atoms with Crippen molar-refractivity contribution in [1.82, 2.24) is 4.57 Å². The lowest BCUT2D eigenvalue weighted by Crippen LogP contribution is -2.40. The summed E-state index contributed by atoms with van der Waals surface area (Å²) in [5, 5.41) is 12.4. The van der Waals surface area contributed by atoms with Crippen LogP contribution in [0, 0.1) is 17.0 Å². The number of nitro groups is 1. The molecule has 4 aromatic rings. The number of rotatable bonds is 8. The van der Waals surface area contributed by atoms with Gasteiger partial charge in [-0.15, -0.1) is 0 Å². The van der Waals surface area contributed by atoms with Gasteiger partial charge in [0, 0.05) is 16.7 Å². The fraction of sp³-hybridized carbons (Fsp3) is 0.194. The highest BCUT2D eigenvalue weighted by Gasteiger charge is 2.34. The Kier molecular flexibility index (Phi) is 8.37. The summed E-state index contributed by atoms with van der Waals surface area (Å²) in [6.45, 7) is 5.45. The maximum absolute atomic E-state index is 13.9. The molecule has 0 saturated carbocycles. The number of aromatic nitrogens is 1. The van der Waals surface area contributed by atoms with Crippen LogP contribution in [0.5, 0.6) is 5.75 Å². The van der Waals surface area contributed by atoms with E-state index in [1.807, 2.05) is 36.4 Å². The topological polar surface area (TPSA) is 113 Å². The number of nitrogens with zero attached hydrogens (tertiary/aromatic N) is 3. The number of ether oxygens (including phenoxy) is 2. The highest BCUT2D eigenvalue weighted by molar-refractivity contribution is 7.07. The molecule has 9 nitrogen and oxygen atoms in total. The van der Waals surface area contributed by atoms with Gasteiger partial charge >= 0.3 is 5.97 Å². The molecular weight excluding hydrogens is 578 g/mol. The zero-order chi connectivity index (χ0) is 30.0. The molecule has 1 aliphatic rings. The van der Waals surface area contributed by atoms with Crippen molar-refractivity contribution in [2.75, 3.05) is 6.61 Å². The van der Waals surface area contributed by atoms with E-state index in [1.54, 1.807) is 51.1 Å². The molecule has 0 spiro atoms. The quantitative estimate of drug-likeness (QED) is 0.154. The average molecular weight is 604 g/mol. The molecule has 1 atom stereocenters. The van der Waals surface area contributed by atoms with Crippen LogP contribution in [0.1, 0.15) is 42.1 Å². The summed E-state index contributed by atoms with van der Waals surface area (Å²) in [6.07, 6.45) is 1.73. The predicted molar refractivity (Wildman–Crippen MR) is 160 cm³/mol. The Bertz CT molecular complexity index is 1910. The molecule has 0 bridgehead atoms. The van der Waals surface area contributed by atoms with Gasteiger partial charge in [0.25, 0.3) is 11.2 Å². The third kappa shape index (κ3) is 5.90. The van der Waals surface area contributed by atoms with E-state index in [1.165, 1.54) is 22.0 Å². The minimum Gasteiger partial charge on any atom is -0.489 e. The van der Waals surface area contributed by atoms with Crippen LogP contribution in [0.3, 0.4) is 0 Å². The Morgan fingerprint density at radius 2 is 1.90 bits per heavy atom. The Labute approximate surface area is 249 Å². The van der Waals surface area contributed by atoms with Crippen molar-refractivity contribution in [3.05, 3.63) is 135 Å². The lowest BCUT2D eigenvalue weighted by atomic mass is 9.94. The number of allylic oxidation sites excluding steroid dienone is 1. The summed E-state index contributed by atoms with van der Waals surface area (Å²) in [5.41, 5.74) is 2.62. The molecular formula is C31H26ClN3O6S. The van der Waals surface area contributed by atoms with Gasteiger partial charge < -0.3 is 9.47 Å². The van der Waals surface area contributed by atoms with Crippen LogP contribution in [-0.4, -0.2) is 22.1 Å². The minimum absolute atomic E-state index is 0.108. The fourth-order valence-electron chi connectivity index (χ4n) is 4.69. The van der Waals surface area contributed by atoms with Gasteiger partial charge in [-0.1, -0.05) is 59.3 Å². The van der Waals surface area contributed by atoms with Crippen molar-refractivity contribution in [3.63, 3.8) is 0 Å².